The Morgan fingerprint density at radius 2 is 2.05 bits per heavy atom. The van der Waals surface area contributed by atoms with Crippen molar-refractivity contribution in [2.45, 2.75) is 32.7 Å². The van der Waals surface area contributed by atoms with Gasteiger partial charge in [0, 0.05) is 12.7 Å². The zero-order valence-corrected chi connectivity index (χ0v) is 13.7. The van der Waals surface area contributed by atoms with Crippen LogP contribution in [0.2, 0.25) is 0 Å². The van der Waals surface area contributed by atoms with Gasteiger partial charge in [0.05, 0.1) is 17.5 Å². The minimum Gasteiger partial charge on any atom is -0.477 e. The lowest BCUT2D eigenvalue weighted by molar-refractivity contribution is -0.121. The topological polar surface area (TPSA) is 113 Å². The number of aromatic carboxylic acids is 1. The van der Waals surface area contributed by atoms with Crippen LogP contribution in [0.5, 0.6) is 0 Å². The molecule has 1 amide bonds. The Labute approximate surface area is 127 Å². The van der Waals surface area contributed by atoms with Crippen molar-refractivity contribution in [3.63, 3.8) is 0 Å². The van der Waals surface area contributed by atoms with Gasteiger partial charge >= 0.3 is 5.97 Å². The Morgan fingerprint density at radius 1 is 1.43 bits per heavy atom. The first-order valence-electron chi connectivity index (χ1n) is 6.28. The molecule has 0 aromatic carbocycles. The van der Waals surface area contributed by atoms with Gasteiger partial charge in [-0.25, -0.2) is 18.2 Å². The second kappa shape index (κ2) is 6.99. The molecular formula is C12H18N2O5S2. The maximum Gasteiger partial charge on any atom is 0.347 e. The highest BCUT2D eigenvalue weighted by Crippen LogP contribution is 2.23. The Kier molecular flexibility index (Phi) is 5.85. The predicted octanol–water partition coefficient (Wildman–Crippen LogP) is 1.15. The fraction of sp³-hybridized carbons (Fsp3) is 0.583. The molecule has 0 spiro atoms. The molecule has 7 nitrogen and oxygen atoms in total. The summed E-state index contributed by atoms with van der Waals surface area (Å²) in [5, 5.41) is 12.2. The molecule has 0 aliphatic heterocycles. The Morgan fingerprint density at radius 3 is 2.52 bits per heavy atom. The molecule has 0 radical (unpaired) electrons. The molecule has 0 aliphatic rings. The molecule has 1 heterocycles. The molecule has 0 aliphatic carbocycles. The van der Waals surface area contributed by atoms with Crippen molar-refractivity contribution in [2.75, 3.05) is 12.0 Å². The lowest BCUT2D eigenvalue weighted by Gasteiger charge is -2.10. The zero-order chi connectivity index (χ0) is 16.2. The molecule has 1 rings (SSSR count). The standard InChI is InChI=1S/C12H18N2O5S2/c1-7-10(12(16)17)20-11(14-7)8(2)13-9(15)5-4-6-21(3,18)19/h8H,4-6H2,1-3H3,(H,13,15)(H,16,17). The van der Waals surface area contributed by atoms with Crippen molar-refractivity contribution >= 4 is 33.1 Å². The number of carbonyl (C=O) groups is 2. The van der Waals surface area contributed by atoms with Crippen molar-refractivity contribution in [2.24, 2.45) is 0 Å². The molecule has 9 heteroatoms. The van der Waals surface area contributed by atoms with Crippen molar-refractivity contribution in [1.29, 1.82) is 0 Å². The lowest BCUT2D eigenvalue weighted by Crippen LogP contribution is -2.26. The third-order valence-corrected chi connectivity index (χ3v) is 5.03. The predicted molar refractivity (Wildman–Crippen MR) is 79.3 cm³/mol. The number of carboxylic acid groups (broad SMARTS) is 1. The van der Waals surface area contributed by atoms with E-state index >= 15 is 0 Å². The van der Waals surface area contributed by atoms with Gasteiger partial charge in [-0.05, 0) is 20.3 Å². The number of carboxylic acids is 1. The number of aromatic nitrogens is 1. The molecule has 118 valence electrons. The van der Waals surface area contributed by atoms with Crippen LogP contribution in [-0.4, -0.2) is 42.4 Å². The van der Waals surface area contributed by atoms with Gasteiger partial charge in [-0.15, -0.1) is 11.3 Å². The molecule has 21 heavy (non-hydrogen) atoms. The summed E-state index contributed by atoms with van der Waals surface area (Å²) in [5.74, 6) is -1.35. The van der Waals surface area contributed by atoms with E-state index in [4.69, 9.17) is 5.11 Å². The minimum absolute atomic E-state index is 0.0334. The van der Waals surface area contributed by atoms with Crippen LogP contribution < -0.4 is 5.32 Å². The average molecular weight is 334 g/mol. The summed E-state index contributed by atoms with van der Waals surface area (Å²) in [6, 6.07) is -0.410. The molecule has 0 fully saturated rings. The van der Waals surface area contributed by atoms with Crippen LogP contribution in [0.15, 0.2) is 0 Å². The summed E-state index contributed by atoms with van der Waals surface area (Å²) in [6.45, 7) is 3.31. The third-order valence-electron chi connectivity index (χ3n) is 2.67. The molecule has 1 aromatic rings. The van der Waals surface area contributed by atoms with Gasteiger partial charge in [0.2, 0.25) is 5.91 Å². The monoisotopic (exact) mass is 334 g/mol. The first-order chi connectivity index (χ1) is 9.60. The Balaban J connectivity index is 2.56. The number of nitrogens with zero attached hydrogens (tertiary/aromatic N) is 1. The van der Waals surface area contributed by atoms with E-state index in [1.807, 2.05) is 0 Å². The van der Waals surface area contributed by atoms with E-state index < -0.39 is 21.8 Å². The Bertz CT molecular complexity index is 636. The SMILES string of the molecule is Cc1nc(C(C)NC(=O)CCCS(C)(=O)=O)sc1C(=O)O. The van der Waals surface area contributed by atoms with Gasteiger partial charge in [-0.3, -0.25) is 4.79 Å². The molecule has 1 atom stereocenters. The zero-order valence-electron chi connectivity index (χ0n) is 12.0. The number of thiazole rings is 1. The summed E-state index contributed by atoms with van der Waals surface area (Å²) in [6.07, 6.45) is 1.49. The fourth-order valence-corrected chi connectivity index (χ4v) is 3.25. The van der Waals surface area contributed by atoms with E-state index in [9.17, 15) is 18.0 Å². The quantitative estimate of drug-likeness (QED) is 0.773. The van der Waals surface area contributed by atoms with Crippen LogP contribution in [0.25, 0.3) is 0 Å². The summed E-state index contributed by atoms with van der Waals surface area (Å²) in [5.41, 5.74) is 0.417. The number of sulfone groups is 1. The number of rotatable bonds is 7. The van der Waals surface area contributed by atoms with E-state index in [2.05, 4.69) is 10.3 Å². The highest BCUT2D eigenvalue weighted by molar-refractivity contribution is 7.90. The van der Waals surface area contributed by atoms with E-state index in [1.54, 1.807) is 13.8 Å². The normalized spacial score (nSPS) is 12.9. The smallest absolute Gasteiger partial charge is 0.347 e. The maximum atomic E-state index is 11.7. The van der Waals surface area contributed by atoms with Crippen LogP contribution in [0, 0.1) is 6.92 Å². The van der Waals surface area contributed by atoms with E-state index in [-0.39, 0.29) is 29.4 Å². The van der Waals surface area contributed by atoms with Gasteiger partial charge in [-0.2, -0.15) is 0 Å². The largest absolute Gasteiger partial charge is 0.477 e. The van der Waals surface area contributed by atoms with Gasteiger partial charge < -0.3 is 10.4 Å². The van der Waals surface area contributed by atoms with Crippen LogP contribution in [-0.2, 0) is 14.6 Å². The van der Waals surface area contributed by atoms with Gasteiger partial charge in [0.1, 0.15) is 19.7 Å². The summed E-state index contributed by atoms with van der Waals surface area (Å²) >= 11 is 1.02. The summed E-state index contributed by atoms with van der Waals surface area (Å²) < 4.78 is 21.9. The third kappa shape index (κ3) is 5.80. The number of hydrogen-bond donors (Lipinski definition) is 2. The van der Waals surface area contributed by atoms with Gasteiger partial charge in [0.25, 0.3) is 0 Å². The number of carbonyl (C=O) groups excluding carboxylic acids is 1. The van der Waals surface area contributed by atoms with Gasteiger partial charge in [-0.1, -0.05) is 0 Å². The number of amides is 1. The molecular weight excluding hydrogens is 316 g/mol. The minimum atomic E-state index is -3.07. The average Bonchev–Trinajstić information content (AvgIpc) is 2.69. The fourth-order valence-electron chi connectivity index (χ4n) is 1.67. The van der Waals surface area contributed by atoms with Crippen molar-refractivity contribution in [3.8, 4) is 0 Å². The molecule has 0 bridgehead atoms. The maximum absolute atomic E-state index is 11.7. The summed E-state index contributed by atoms with van der Waals surface area (Å²) in [7, 11) is -3.07. The van der Waals surface area contributed by atoms with E-state index in [0.29, 0.717) is 10.7 Å². The molecule has 2 N–H and O–H groups in total. The van der Waals surface area contributed by atoms with E-state index in [0.717, 1.165) is 17.6 Å². The molecule has 1 unspecified atom stereocenters. The molecule has 0 saturated heterocycles. The lowest BCUT2D eigenvalue weighted by atomic mass is 10.3. The number of nitrogens with one attached hydrogen (secondary N) is 1. The van der Waals surface area contributed by atoms with Crippen LogP contribution in [0.3, 0.4) is 0 Å². The second-order valence-electron chi connectivity index (χ2n) is 4.79. The van der Waals surface area contributed by atoms with E-state index in [1.165, 1.54) is 0 Å². The molecule has 1 aromatic heterocycles. The molecule has 0 saturated carbocycles. The summed E-state index contributed by atoms with van der Waals surface area (Å²) in [4.78, 5) is 26.9. The first-order valence-corrected chi connectivity index (χ1v) is 9.15. The highest BCUT2D eigenvalue weighted by atomic mass is 32.2. The Hall–Kier alpha value is -1.48. The van der Waals surface area contributed by atoms with Crippen molar-refractivity contribution in [3.05, 3.63) is 15.6 Å². The second-order valence-corrected chi connectivity index (χ2v) is 8.08. The number of hydrogen-bond acceptors (Lipinski definition) is 6. The highest BCUT2D eigenvalue weighted by Gasteiger charge is 2.19. The van der Waals surface area contributed by atoms with Crippen LogP contribution in [0.4, 0.5) is 0 Å². The van der Waals surface area contributed by atoms with Crippen molar-refractivity contribution < 1.29 is 23.1 Å². The first kappa shape index (κ1) is 17.6. The number of aryl methyl sites for hydroxylation is 1. The van der Waals surface area contributed by atoms with Crippen molar-refractivity contribution in [1.82, 2.24) is 10.3 Å². The van der Waals surface area contributed by atoms with Crippen LogP contribution >= 0.6 is 11.3 Å². The van der Waals surface area contributed by atoms with Gasteiger partial charge in [0.15, 0.2) is 0 Å². The van der Waals surface area contributed by atoms with Crippen LogP contribution in [0.1, 0.15) is 46.2 Å².